The molecule has 0 saturated carbocycles. The molecule has 8 heteroatoms. The van der Waals surface area contributed by atoms with Crippen LogP contribution in [0.25, 0.3) is 10.2 Å². The molecular formula is C19H20N4O3S. The van der Waals surface area contributed by atoms with Gasteiger partial charge in [-0.1, -0.05) is 0 Å². The molecule has 1 saturated heterocycles. The van der Waals surface area contributed by atoms with Gasteiger partial charge in [0.25, 0.3) is 0 Å². The predicted octanol–water partition coefficient (Wildman–Crippen LogP) is 3.45. The molecule has 0 aliphatic carbocycles. The maximum atomic E-state index is 12.2. The van der Waals surface area contributed by atoms with Gasteiger partial charge in [-0.3, -0.25) is 0 Å². The Morgan fingerprint density at radius 2 is 2.04 bits per heavy atom. The van der Waals surface area contributed by atoms with Crippen molar-refractivity contribution in [3.63, 3.8) is 0 Å². The molecule has 1 aliphatic rings. The summed E-state index contributed by atoms with van der Waals surface area (Å²) < 4.78 is 10.6. The average Bonchev–Trinajstić information content (AvgIpc) is 3.15. The van der Waals surface area contributed by atoms with E-state index in [-0.39, 0.29) is 5.97 Å². The average molecular weight is 384 g/mol. The van der Waals surface area contributed by atoms with E-state index in [0.29, 0.717) is 23.4 Å². The molecule has 0 atom stereocenters. The lowest BCUT2D eigenvalue weighted by molar-refractivity contribution is 0.0529. The number of carbonyl (C=O) groups is 1. The minimum Gasteiger partial charge on any atom is -0.462 e. The number of rotatable bonds is 5. The summed E-state index contributed by atoms with van der Waals surface area (Å²) in [6, 6.07) is 8.17. The van der Waals surface area contributed by atoms with E-state index in [2.05, 4.69) is 32.3 Å². The second-order valence-corrected chi connectivity index (χ2v) is 6.90. The van der Waals surface area contributed by atoms with E-state index >= 15 is 0 Å². The summed E-state index contributed by atoms with van der Waals surface area (Å²) in [5.74, 6) is 0.243. The zero-order chi connectivity index (χ0) is 18.6. The Morgan fingerprint density at radius 1 is 1.26 bits per heavy atom. The van der Waals surface area contributed by atoms with Gasteiger partial charge in [-0.15, -0.1) is 11.3 Å². The van der Waals surface area contributed by atoms with Crippen LogP contribution in [-0.4, -0.2) is 48.8 Å². The Morgan fingerprint density at radius 3 is 2.78 bits per heavy atom. The summed E-state index contributed by atoms with van der Waals surface area (Å²) >= 11 is 1.40. The molecule has 140 valence electrons. The van der Waals surface area contributed by atoms with Crippen LogP contribution in [0.5, 0.6) is 0 Å². The Bertz CT molecular complexity index is 936. The molecule has 3 heterocycles. The van der Waals surface area contributed by atoms with Gasteiger partial charge in [0.15, 0.2) is 0 Å². The first kappa shape index (κ1) is 17.7. The summed E-state index contributed by atoms with van der Waals surface area (Å²) in [5.41, 5.74) is 2.55. The number of nitrogens with zero attached hydrogens (tertiary/aromatic N) is 3. The number of aromatic nitrogens is 2. The number of morpholine rings is 1. The molecule has 2 aromatic heterocycles. The summed E-state index contributed by atoms with van der Waals surface area (Å²) in [4.78, 5) is 23.9. The van der Waals surface area contributed by atoms with Gasteiger partial charge in [0.1, 0.15) is 17.0 Å². The Balaban J connectivity index is 1.59. The fourth-order valence-corrected chi connectivity index (χ4v) is 3.92. The largest absolute Gasteiger partial charge is 0.462 e. The number of ether oxygens (including phenoxy) is 2. The van der Waals surface area contributed by atoms with Crippen LogP contribution in [0.1, 0.15) is 17.3 Å². The van der Waals surface area contributed by atoms with E-state index in [1.807, 2.05) is 12.1 Å². The first-order chi connectivity index (χ1) is 13.3. The topological polar surface area (TPSA) is 76.6 Å². The molecule has 1 N–H and O–H groups in total. The van der Waals surface area contributed by atoms with Gasteiger partial charge in [0.05, 0.1) is 30.8 Å². The van der Waals surface area contributed by atoms with Crippen molar-refractivity contribution in [2.24, 2.45) is 0 Å². The van der Waals surface area contributed by atoms with Crippen LogP contribution in [0.2, 0.25) is 0 Å². The SMILES string of the molecule is CCOC(=O)c1csc2ncnc(Nc3ccc(N4CCOCC4)cc3)c12. The van der Waals surface area contributed by atoms with Crippen LogP contribution < -0.4 is 10.2 Å². The van der Waals surface area contributed by atoms with Gasteiger partial charge in [0, 0.05) is 29.8 Å². The highest BCUT2D eigenvalue weighted by molar-refractivity contribution is 7.17. The lowest BCUT2D eigenvalue weighted by Gasteiger charge is -2.28. The van der Waals surface area contributed by atoms with Crippen molar-refractivity contribution >= 4 is 44.7 Å². The first-order valence-corrected chi connectivity index (χ1v) is 9.73. The summed E-state index contributed by atoms with van der Waals surface area (Å²) in [7, 11) is 0. The lowest BCUT2D eigenvalue weighted by Crippen LogP contribution is -2.36. The quantitative estimate of drug-likeness (QED) is 0.675. The predicted molar refractivity (Wildman–Crippen MR) is 106 cm³/mol. The zero-order valence-electron chi connectivity index (χ0n) is 15.0. The number of anilines is 3. The molecule has 0 spiro atoms. The van der Waals surface area contributed by atoms with Gasteiger partial charge < -0.3 is 19.7 Å². The van der Waals surface area contributed by atoms with Gasteiger partial charge in [0.2, 0.25) is 0 Å². The highest BCUT2D eigenvalue weighted by Gasteiger charge is 2.18. The molecule has 0 amide bonds. The van der Waals surface area contributed by atoms with Crippen LogP contribution in [-0.2, 0) is 9.47 Å². The van der Waals surface area contributed by atoms with Crippen LogP contribution in [0.3, 0.4) is 0 Å². The van der Waals surface area contributed by atoms with Crippen molar-refractivity contribution in [1.82, 2.24) is 9.97 Å². The van der Waals surface area contributed by atoms with Crippen molar-refractivity contribution < 1.29 is 14.3 Å². The van der Waals surface area contributed by atoms with Crippen LogP contribution in [0, 0.1) is 0 Å². The van der Waals surface area contributed by atoms with Crippen molar-refractivity contribution in [3.05, 3.63) is 41.5 Å². The van der Waals surface area contributed by atoms with Gasteiger partial charge >= 0.3 is 5.97 Å². The molecule has 1 aliphatic heterocycles. The number of thiophene rings is 1. The van der Waals surface area contributed by atoms with E-state index in [1.165, 1.54) is 23.4 Å². The molecule has 1 fully saturated rings. The van der Waals surface area contributed by atoms with Crippen molar-refractivity contribution in [2.45, 2.75) is 6.92 Å². The number of fused-ring (bicyclic) bond motifs is 1. The fraction of sp³-hybridized carbons (Fsp3) is 0.316. The number of nitrogens with one attached hydrogen (secondary N) is 1. The van der Waals surface area contributed by atoms with Crippen molar-refractivity contribution in [3.8, 4) is 0 Å². The third-order valence-corrected chi connectivity index (χ3v) is 5.26. The Labute approximate surface area is 160 Å². The second kappa shape index (κ2) is 7.89. The molecule has 0 bridgehead atoms. The fourth-order valence-electron chi connectivity index (χ4n) is 3.04. The molecular weight excluding hydrogens is 364 g/mol. The van der Waals surface area contributed by atoms with E-state index in [1.54, 1.807) is 12.3 Å². The number of benzene rings is 1. The minimum atomic E-state index is -0.357. The summed E-state index contributed by atoms with van der Waals surface area (Å²) in [6.07, 6.45) is 1.50. The van der Waals surface area contributed by atoms with Gasteiger partial charge in [-0.2, -0.15) is 0 Å². The number of esters is 1. The molecule has 4 rings (SSSR count). The standard InChI is InChI=1S/C19H20N4O3S/c1-2-26-19(24)15-11-27-18-16(15)17(20-12-21-18)22-13-3-5-14(6-4-13)23-7-9-25-10-8-23/h3-6,11-12H,2,7-10H2,1H3,(H,20,21,22). The lowest BCUT2D eigenvalue weighted by atomic mass is 10.2. The van der Waals surface area contributed by atoms with Crippen LogP contribution in [0.15, 0.2) is 36.0 Å². The number of hydrogen-bond donors (Lipinski definition) is 1. The Hall–Kier alpha value is -2.71. The summed E-state index contributed by atoms with van der Waals surface area (Å²) in [6.45, 7) is 5.43. The molecule has 1 aromatic carbocycles. The maximum Gasteiger partial charge on any atom is 0.339 e. The van der Waals surface area contributed by atoms with Crippen LogP contribution >= 0.6 is 11.3 Å². The third-order valence-electron chi connectivity index (χ3n) is 4.37. The Kier molecular flexibility index (Phi) is 5.17. The highest BCUT2D eigenvalue weighted by Crippen LogP contribution is 2.32. The molecule has 0 unspecified atom stereocenters. The van der Waals surface area contributed by atoms with Crippen LogP contribution in [0.4, 0.5) is 17.2 Å². The monoisotopic (exact) mass is 384 g/mol. The molecule has 3 aromatic rings. The van der Waals surface area contributed by atoms with Gasteiger partial charge in [-0.05, 0) is 31.2 Å². The highest BCUT2D eigenvalue weighted by atomic mass is 32.1. The van der Waals surface area contributed by atoms with E-state index in [9.17, 15) is 4.79 Å². The van der Waals surface area contributed by atoms with Gasteiger partial charge in [-0.25, -0.2) is 14.8 Å². The smallest absolute Gasteiger partial charge is 0.339 e. The van der Waals surface area contributed by atoms with E-state index < -0.39 is 0 Å². The normalized spacial score (nSPS) is 14.3. The molecule has 0 radical (unpaired) electrons. The molecule has 7 nitrogen and oxygen atoms in total. The van der Waals surface area contributed by atoms with Crippen molar-refractivity contribution in [1.29, 1.82) is 0 Å². The minimum absolute atomic E-state index is 0.329. The van der Waals surface area contributed by atoms with E-state index in [0.717, 1.165) is 36.8 Å². The zero-order valence-corrected chi connectivity index (χ0v) is 15.8. The second-order valence-electron chi connectivity index (χ2n) is 6.04. The van der Waals surface area contributed by atoms with E-state index in [4.69, 9.17) is 9.47 Å². The van der Waals surface area contributed by atoms with Crippen molar-refractivity contribution in [2.75, 3.05) is 43.1 Å². The maximum absolute atomic E-state index is 12.2. The molecule has 27 heavy (non-hydrogen) atoms. The first-order valence-electron chi connectivity index (χ1n) is 8.85. The number of hydrogen-bond acceptors (Lipinski definition) is 8. The third kappa shape index (κ3) is 3.72. The summed E-state index contributed by atoms with van der Waals surface area (Å²) in [5, 5.41) is 5.77. The number of carbonyl (C=O) groups excluding carboxylic acids is 1.